The molecule has 3 rings (SSSR count). The summed E-state index contributed by atoms with van der Waals surface area (Å²) < 4.78 is 5.95. The molecule has 0 atom stereocenters. The van der Waals surface area contributed by atoms with Gasteiger partial charge < -0.3 is 4.74 Å². The Bertz CT molecular complexity index is 570. The highest BCUT2D eigenvalue weighted by Crippen LogP contribution is 2.43. The summed E-state index contributed by atoms with van der Waals surface area (Å²) in [6, 6.07) is 12.5. The van der Waals surface area contributed by atoms with E-state index in [0.29, 0.717) is 0 Å². The second-order valence-corrected chi connectivity index (χ2v) is 4.58. The molecule has 0 N–H and O–H groups in total. The van der Waals surface area contributed by atoms with Crippen LogP contribution in [-0.4, -0.2) is 0 Å². The lowest BCUT2D eigenvalue weighted by Crippen LogP contribution is -2.02. The molecule has 2 aromatic rings. The maximum atomic E-state index is 5.95. The molecule has 0 bridgehead atoms. The molecule has 17 heavy (non-hydrogen) atoms. The Morgan fingerprint density at radius 2 is 1.29 bits per heavy atom. The van der Waals surface area contributed by atoms with Crippen LogP contribution in [0.15, 0.2) is 43.0 Å². The Morgan fingerprint density at radius 3 is 1.76 bits per heavy atom. The highest BCUT2D eigenvalue weighted by Gasteiger charge is 2.20. The summed E-state index contributed by atoms with van der Waals surface area (Å²) in [5.41, 5.74) is 5.63. The largest absolute Gasteiger partial charge is 0.456 e. The van der Waals surface area contributed by atoms with Crippen molar-refractivity contribution >= 4 is 5.57 Å². The molecule has 1 aliphatic rings. The van der Waals surface area contributed by atoms with Crippen molar-refractivity contribution in [2.75, 3.05) is 0 Å². The molecule has 1 heteroatoms. The lowest BCUT2D eigenvalue weighted by atomic mass is 9.94. The zero-order valence-corrected chi connectivity index (χ0v) is 10.1. The van der Waals surface area contributed by atoms with Crippen LogP contribution >= 0.6 is 0 Å². The van der Waals surface area contributed by atoms with Crippen molar-refractivity contribution in [3.8, 4) is 11.5 Å². The van der Waals surface area contributed by atoms with Crippen LogP contribution in [0.4, 0.5) is 0 Å². The van der Waals surface area contributed by atoms with Crippen LogP contribution < -0.4 is 4.74 Å². The molecule has 1 heterocycles. The topological polar surface area (TPSA) is 9.23 Å². The fourth-order valence-corrected chi connectivity index (χ4v) is 2.19. The monoisotopic (exact) mass is 222 g/mol. The van der Waals surface area contributed by atoms with E-state index in [-0.39, 0.29) is 0 Å². The van der Waals surface area contributed by atoms with Gasteiger partial charge in [-0.2, -0.15) is 0 Å². The van der Waals surface area contributed by atoms with E-state index in [1.54, 1.807) is 0 Å². The highest BCUT2D eigenvalue weighted by atomic mass is 16.5. The van der Waals surface area contributed by atoms with Crippen LogP contribution in [-0.2, 0) is 0 Å². The summed E-state index contributed by atoms with van der Waals surface area (Å²) in [5.74, 6) is 1.82. The van der Waals surface area contributed by atoms with E-state index in [9.17, 15) is 0 Å². The van der Waals surface area contributed by atoms with Crippen molar-refractivity contribution < 1.29 is 4.74 Å². The Labute approximate surface area is 101 Å². The average molecular weight is 222 g/mol. The van der Waals surface area contributed by atoms with Crippen molar-refractivity contribution in [1.82, 2.24) is 0 Å². The fraction of sp³-hybridized carbons (Fsp3) is 0.125. The highest BCUT2D eigenvalue weighted by molar-refractivity contribution is 5.86. The van der Waals surface area contributed by atoms with Crippen molar-refractivity contribution in [3.05, 3.63) is 65.2 Å². The third-order valence-corrected chi connectivity index (χ3v) is 3.14. The number of fused-ring (bicyclic) bond motifs is 2. The molecule has 0 saturated carbocycles. The number of ether oxygens (including phenoxy) is 1. The van der Waals surface area contributed by atoms with Gasteiger partial charge in [-0.15, -0.1) is 0 Å². The van der Waals surface area contributed by atoms with Crippen LogP contribution in [0.1, 0.15) is 22.3 Å². The van der Waals surface area contributed by atoms with Gasteiger partial charge in [0.1, 0.15) is 11.5 Å². The molecule has 0 unspecified atom stereocenters. The lowest BCUT2D eigenvalue weighted by molar-refractivity contribution is 0.473. The Morgan fingerprint density at radius 1 is 0.824 bits per heavy atom. The molecule has 84 valence electrons. The number of hydrogen-bond donors (Lipinski definition) is 0. The van der Waals surface area contributed by atoms with Gasteiger partial charge in [-0.1, -0.05) is 30.8 Å². The van der Waals surface area contributed by atoms with Crippen LogP contribution in [0, 0.1) is 13.8 Å². The van der Waals surface area contributed by atoms with E-state index >= 15 is 0 Å². The summed E-state index contributed by atoms with van der Waals surface area (Å²) in [6.45, 7) is 8.31. The molecule has 1 nitrogen and oxygen atoms in total. The summed E-state index contributed by atoms with van der Waals surface area (Å²) in [7, 11) is 0. The smallest absolute Gasteiger partial charge is 0.135 e. The molecule has 0 amide bonds. The van der Waals surface area contributed by atoms with Gasteiger partial charge in [0.2, 0.25) is 0 Å². The number of benzene rings is 2. The van der Waals surface area contributed by atoms with Gasteiger partial charge in [-0.3, -0.25) is 0 Å². The van der Waals surface area contributed by atoms with Gasteiger partial charge in [0, 0.05) is 11.1 Å². The van der Waals surface area contributed by atoms with Gasteiger partial charge in [0.05, 0.1) is 0 Å². The molecule has 0 aliphatic carbocycles. The van der Waals surface area contributed by atoms with Gasteiger partial charge >= 0.3 is 0 Å². The molecule has 0 aromatic heterocycles. The van der Waals surface area contributed by atoms with E-state index in [1.165, 1.54) is 11.1 Å². The minimum Gasteiger partial charge on any atom is -0.456 e. The van der Waals surface area contributed by atoms with Crippen LogP contribution in [0.5, 0.6) is 11.5 Å². The van der Waals surface area contributed by atoms with Gasteiger partial charge in [-0.05, 0) is 42.7 Å². The number of hydrogen-bond acceptors (Lipinski definition) is 1. The maximum Gasteiger partial charge on any atom is 0.135 e. The summed E-state index contributed by atoms with van der Waals surface area (Å²) in [6.07, 6.45) is 0. The molecular formula is C16H14O. The standard InChI is InChI=1S/C16H14O/c1-10-4-6-13-12(3)14-7-5-11(2)9-16(14)17-15(13)8-10/h4-9H,3H2,1-2H3. The fourth-order valence-electron chi connectivity index (χ4n) is 2.19. The van der Waals surface area contributed by atoms with Crippen LogP contribution in [0.25, 0.3) is 5.57 Å². The van der Waals surface area contributed by atoms with E-state index in [0.717, 1.165) is 28.2 Å². The van der Waals surface area contributed by atoms with E-state index in [4.69, 9.17) is 4.74 Å². The van der Waals surface area contributed by atoms with Gasteiger partial charge in [0.25, 0.3) is 0 Å². The third-order valence-electron chi connectivity index (χ3n) is 3.14. The van der Waals surface area contributed by atoms with E-state index in [1.807, 2.05) is 0 Å². The Hall–Kier alpha value is -2.02. The van der Waals surface area contributed by atoms with Crippen molar-refractivity contribution in [3.63, 3.8) is 0 Å². The molecular weight excluding hydrogens is 208 g/mol. The minimum absolute atomic E-state index is 0.910. The van der Waals surface area contributed by atoms with Crippen LogP contribution in [0.3, 0.4) is 0 Å². The van der Waals surface area contributed by atoms with Crippen molar-refractivity contribution in [2.24, 2.45) is 0 Å². The van der Waals surface area contributed by atoms with Crippen molar-refractivity contribution in [2.45, 2.75) is 13.8 Å². The summed E-state index contributed by atoms with van der Waals surface area (Å²) >= 11 is 0. The van der Waals surface area contributed by atoms with Gasteiger partial charge in [0.15, 0.2) is 0 Å². The third kappa shape index (κ3) is 1.55. The van der Waals surface area contributed by atoms with Gasteiger partial charge in [-0.25, -0.2) is 0 Å². The molecule has 0 radical (unpaired) electrons. The summed E-state index contributed by atoms with van der Waals surface area (Å²) in [4.78, 5) is 0. The molecule has 0 spiro atoms. The minimum atomic E-state index is 0.910. The quantitative estimate of drug-likeness (QED) is 0.545. The predicted octanol–water partition coefficient (Wildman–Crippen LogP) is 4.47. The summed E-state index contributed by atoms with van der Waals surface area (Å²) in [5, 5.41) is 0. The average Bonchev–Trinajstić information content (AvgIpc) is 2.28. The molecule has 1 aliphatic heterocycles. The first-order chi connectivity index (χ1) is 8.15. The van der Waals surface area contributed by atoms with E-state index < -0.39 is 0 Å². The predicted molar refractivity (Wildman–Crippen MR) is 70.6 cm³/mol. The number of aryl methyl sites for hydroxylation is 2. The molecule has 0 fully saturated rings. The normalized spacial score (nSPS) is 12.7. The zero-order chi connectivity index (χ0) is 12.0. The second kappa shape index (κ2) is 3.49. The lowest BCUT2D eigenvalue weighted by Gasteiger charge is -2.22. The first-order valence-corrected chi connectivity index (χ1v) is 5.74. The van der Waals surface area contributed by atoms with Crippen molar-refractivity contribution in [1.29, 1.82) is 0 Å². The first-order valence-electron chi connectivity index (χ1n) is 5.74. The molecule has 0 saturated heterocycles. The second-order valence-electron chi connectivity index (χ2n) is 4.58. The Balaban J connectivity index is 2.21. The first kappa shape index (κ1) is 10.2. The zero-order valence-electron chi connectivity index (χ0n) is 10.1. The maximum absolute atomic E-state index is 5.95. The van der Waals surface area contributed by atoms with E-state index in [2.05, 4.69) is 56.8 Å². The number of rotatable bonds is 0. The Kier molecular flexibility index (Phi) is 2.08. The SMILES string of the molecule is C=C1c2ccc(C)cc2Oc2cc(C)ccc21. The molecule has 2 aromatic carbocycles. The van der Waals surface area contributed by atoms with Crippen LogP contribution in [0.2, 0.25) is 0 Å².